The van der Waals surface area contributed by atoms with Gasteiger partial charge in [-0.25, -0.2) is 4.98 Å². The Morgan fingerprint density at radius 1 is 1.44 bits per heavy atom. The quantitative estimate of drug-likeness (QED) is 0.420. The number of nitrogens with zero attached hydrogens (tertiary/aromatic N) is 1. The normalized spacial score (nSPS) is 14.4. The van der Waals surface area contributed by atoms with Crippen molar-refractivity contribution in [1.82, 2.24) is 4.98 Å². The fraction of sp³-hybridized carbons (Fsp3) is 0.333. The number of aromatic nitrogens is 1. The van der Waals surface area contributed by atoms with Crippen molar-refractivity contribution in [3.05, 3.63) is 17.3 Å². The molecule has 1 aromatic rings. The Labute approximate surface area is 91.9 Å². The molecule has 0 saturated heterocycles. The molecule has 7 nitrogen and oxygen atoms in total. The number of nitrogens with two attached hydrogens (primary N) is 3. The van der Waals surface area contributed by atoms with Crippen molar-refractivity contribution < 1.29 is 15.0 Å². The summed E-state index contributed by atoms with van der Waals surface area (Å²) in [6.45, 7) is 1.57. The number of hydrogen-bond acceptors (Lipinski definition) is 6. The number of aryl methyl sites for hydroxylation is 1. The van der Waals surface area contributed by atoms with Crippen molar-refractivity contribution in [1.29, 1.82) is 0 Å². The van der Waals surface area contributed by atoms with Crippen LogP contribution in [0.15, 0.2) is 6.07 Å². The number of rotatable bonds is 3. The lowest BCUT2D eigenvalue weighted by Crippen LogP contribution is -2.34. The first-order chi connectivity index (χ1) is 7.34. The van der Waals surface area contributed by atoms with Gasteiger partial charge in [-0.1, -0.05) is 0 Å². The van der Waals surface area contributed by atoms with Crippen LogP contribution in [0.4, 0.5) is 11.5 Å². The highest BCUT2D eigenvalue weighted by Gasteiger charge is 2.25. The maximum Gasteiger partial charge on any atom is 0.249 e. The average Bonchev–Trinajstić information content (AvgIpc) is 2.21. The topological polar surface area (TPSA) is 148 Å². The molecule has 0 radical (unpaired) electrons. The predicted octanol–water partition coefficient (Wildman–Crippen LogP) is -1.57. The molecule has 1 amide bonds. The molecule has 7 heteroatoms. The molecule has 0 saturated carbocycles. The van der Waals surface area contributed by atoms with Gasteiger partial charge in [-0.3, -0.25) is 4.79 Å². The zero-order valence-electron chi connectivity index (χ0n) is 8.71. The van der Waals surface area contributed by atoms with E-state index in [0.29, 0.717) is 5.69 Å². The molecule has 88 valence electrons. The number of anilines is 2. The van der Waals surface area contributed by atoms with Gasteiger partial charge in [-0.05, 0) is 13.0 Å². The fourth-order valence-electron chi connectivity index (χ4n) is 1.28. The second-order valence-electron chi connectivity index (χ2n) is 3.43. The number of carbonyl (C=O) groups is 1. The zero-order valence-corrected chi connectivity index (χ0v) is 8.71. The summed E-state index contributed by atoms with van der Waals surface area (Å²) in [6.07, 6.45) is -3.17. The molecular weight excluding hydrogens is 212 g/mol. The third-order valence-electron chi connectivity index (χ3n) is 2.22. The third kappa shape index (κ3) is 2.20. The van der Waals surface area contributed by atoms with E-state index in [4.69, 9.17) is 17.2 Å². The number of amides is 1. The summed E-state index contributed by atoms with van der Waals surface area (Å²) in [5.41, 5.74) is 16.6. The third-order valence-corrected chi connectivity index (χ3v) is 2.22. The molecule has 2 unspecified atom stereocenters. The molecule has 2 atom stereocenters. The molecule has 0 bridgehead atoms. The van der Waals surface area contributed by atoms with Crippen LogP contribution >= 0.6 is 0 Å². The molecule has 8 N–H and O–H groups in total. The lowest BCUT2D eigenvalue weighted by molar-refractivity contribution is -0.132. The van der Waals surface area contributed by atoms with Crippen molar-refractivity contribution in [2.24, 2.45) is 5.73 Å². The summed E-state index contributed by atoms with van der Waals surface area (Å²) in [7, 11) is 0. The van der Waals surface area contributed by atoms with Crippen LogP contribution in [0.2, 0.25) is 0 Å². The highest BCUT2D eigenvalue weighted by atomic mass is 16.3. The molecule has 1 aromatic heterocycles. The smallest absolute Gasteiger partial charge is 0.249 e. The molecule has 1 heterocycles. The number of hydrogen-bond donors (Lipinski definition) is 5. The van der Waals surface area contributed by atoms with Crippen LogP contribution in [0.1, 0.15) is 17.4 Å². The maximum absolute atomic E-state index is 10.7. The summed E-state index contributed by atoms with van der Waals surface area (Å²) >= 11 is 0. The fourth-order valence-corrected chi connectivity index (χ4v) is 1.28. The van der Waals surface area contributed by atoms with E-state index in [1.54, 1.807) is 6.92 Å². The summed E-state index contributed by atoms with van der Waals surface area (Å²) < 4.78 is 0. The van der Waals surface area contributed by atoms with Crippen molar-refractivity contribution in [3.63, 3.8) is 0 Å². The molecule has 0 spiro atoms. The minimum absolute atomic E-state index is 0.127. The Bertz CT molecular complexity index is 421. The number of aliphatic hydroxyl groups excluding tert-OH is 2. The van der Waals surface area contributed by atoms with Gasteiger partial charge in [-0.2, -0.15) is 0 Å². The summed E-state index contributed by atoms with van der Waals surface area (Å²) in [5, 5.41) is 19.0. The van der Waals surface area contributed by atoms with E-state index in [1.165, 1.54) is 6.07 Å². The number of carbonyl (C=O) groups excluding carboxylic acids is 1. The van der Waals surface area contributed by atoms with Crippen molar-refractivity contribution in [2.75, 3.05) is 11.5 Å². The van der Waals surface area contributed by atoms with Gasteiger partial charge in [0.1, 0.15) is 11.9 Å². The van der Waals surface area contributed by atoms with E-state index >= 15 is 0 Å². The molecule has 0 aliphatic heterocycles. The average molecular weight is 226 g/mol. The van der Waals surface area contributed by atoms with E-state index in [-0.39, 0.29) is 17.1 Å². The minimum Gasteiger partial charge on any atom is -0.396 e. The second-order valence-corrected chi connectivity index (χ2v) is 3.43. The van der Waals surface area contributed by atoms with E-state index in [9.17, 15) is 15.0 Å². The Morgan fingerprint density at radius 3 is 2.50 bits per heavy atom. The lowest BCUT2D eigenvalue weighted by atomic mass is 10.0. The molecule has 1 rings (SSSR count). The predicted molar refractivity (Wildman–Crippen MR) is 58.0 cm³/mol. The second kappa shape index (κ2) is 4.33. The van der Waals surface area contributed by atoms with E-state index in [0.717, 1.165) is 0 Å². The highest BCUT2D eigenvalue weighted by Crippen LogP contribution is 2.24. The standard InChI is InChI=1S/C9H14N4O3/c1-3-4(2-5(10)8(11)13-3)6(14)7(15)9(12)16/h2,6-7,14-15H,10H2,1H3,(H2,11,13)(H2,12,16). The van der Waals surface area contributed by atoms with Crippen molar-refractivity contribution in [3.8, 4) is 0 Å². The van der Waals surface area contributed by atoms with Gasteiger partial charge >= 0.3 is 0 Å². The monoisotopic (exact) mass is 226 g/mol. The van der Waals surface area contributed by atoms with Crippen LogP contribution in [0.5, 0.6) is 0 Å². The largest absolute Gasteiger partial charge is 0.396 e. The van der Waals surface area contributed by atoms with Gasteiger partial charge in [0.05, 0.1) is 5.69 Å². The maximum atomic E-state index is 10.7. The van der Waals surface area contributed by atoms with Crippen LogP contribution < -0.4 is 17.2 Å². The molecule has 0 aliphatic rings. The van der Waals surface area contributed by atoms with Gasteiger partial charge in [-0.15, -0.1) is 0 Å². The van der Waals surface area contributed by atoms with E-state index in [1.807, 2.05) is 0 Å². The minimum atomic E-state index is -1.71. The summed E-state index contributed by atoms with van der Waals surface area (Å²) in [4.78, 5) is 14.6. The van der Waals surface area contributed by atoms with Crippen LogP contribution in [-0.4, -0.2) is 27.2 Å². The lowest BCUT2D eigenvalue weighted by Gasteiger charge is -2.17. The Kier molecular flexibility index (Phi) is 3.31. The van der Waals surface area contributed by atoms with E-state index in [2.05, 4.69) is 4.98 Å². The van der Waals surface area contributed by atoms with Gasteiger partial charge in [0, 0.05) is 11.3 Å². The van der Waals surface area contributed by atoms with Crippen LogP contribution in [-0.2, 0) is 4.79 Å². The molecule has 0 aromatic carbocycles. The van der Waals surface area contributed by atoms with Crippen LogP contribution in [0.3, 0.4) is 0 Å². The van der Waals surface area contributed by atoms with Crippen molar-refractivity contribution in [2.45, 2.75) is 19.1 Å². The Balaban J connectivity index is 3.13. The van der Waals surface area contributed by atoms with Gasteiger partial charge in [0.25, 0.3) is 0 Å². The summed E-state index contributed by atoms with van der Waals surface area (Å²) in [6, 6.07) is 1.36. The molecule has 16 heavy (non-hydrogen) atoms. The van der Waals surface area contributed by atoms with Gasteiger partial charge in [0.15, 0.2) is 6.10 Å². The number of nitrogen functional groups attached to an aromatic ring is 2. The van der Waals surface area contributed by atoms with Crippen LogP contribution in [0, 0.1) is 6.92 Å². The Morgan fingerprint density at radius 2 is 2.00 bits per heavy atom. The molecule has 0 fully saturated rings. The number of primary amides is 1. The zero-order chi connectivity index (χ0) is 12.5. The molecule has 0 aliphatic carbocycles. The van der Waals surface area contributed by atoms with Gasteiger partial charge in [0.2, 0.25) is 5.91 Å². The SMILES string of the molecule is Cc1nc(N)c(N)cc1C(O)C(O)C(N)=O. The number of aliphatic hydroxyl groups is 2. The van der Waals surface area contributed by atoms with E-state index < -0.39 is 18.1 Å². The summed E-state index contributed by atoms with van der Waals surface area (Å²) in [5.74, 6) is -0.899. The Hall–Kier alpha value is -1.86. The van der Waals surface area contributed by atoms with Crippen LogP contribution in [0.25, 0.3) is 0 Å². The van der Waals surface area contributed by atoms with Gasteiger partial charge < -0.3 is 27.4 Å². The first-order valence-corrected chi connectivity index (χ1v) is 4.52. The number of pyridine rings is 1. The van der Waals surface area contributed by atoms with Crippen molar-refractivity contribution >= 4 is 17.4 Å². The molecular formula is C9H14N4O3. The first-order valence-electron chi connectivity index (χ1n) is 4.52. The highest BCUT2D eigenvalue weighted by molar-refractivity contribution is 5.79. The first kappa shape index (κ1) is 12.2.